The van der Waals surface area contributed by atoms with E-state index in [9.17, 15) is 0 Å². The second-order valence-electron chi connectivity index (χ2n) is 7.52. The lowest BCUT2D eigenvalue weighted by atomic mass is 9.77. The van der Waals surface area contributed by atoms with Crippen molar-refractivity contribution in [3.8, 4) is 0 Å². The molecule has 2 heteroatoms. The zero-order valence-electron chi connectivity index (χ0n) is 12.9. The Bertz CT molecular complexity index is 271. The first-order valence-electron chi connectivity index (χ1n) is 8.72. The Morgan fingerprint density at radius 1 is 0.947 bits per heavy atom. The summed E-state index contributed by atoms with van der Waals surface area (Å²) in [4.78, 5) is 2.95. The van der Waals surface area contributed by atoms with Gasteiger partial charge in [-0.3, -0.25) is 4.90 Å². The van der Waals surface area contributed by atoms with E-state index in [1.54, 1.807) is 0 Å². The van der Waals surface area contributed by atoms with E-state index in [2.05, 4.69) is 24.1 Å². The van der Waals surface area contributed by atoms with Gasteiger partial charge in [0.2, 0.25) is 0 Å². The molecule has 0 bridgehead atoms. The molecule has 0 aromatic heterocycles. The topological polar surface area (TPSA) is 15.3 Å². The number of nitrogens with zero attached hydrogens (tertiary/aromatic N) is 1. The van der Waals surface area contributed by atoms with E-state index in [-0.39, 0.29) is 0 Å². The van der Waals surface area contributed by atoms with E-state index in [0.717, 1.165) is 29.8 Å². The Hall–Kier alpha value is -0.0800. The summed E-state index contributed by atoms with van der Waals surface area (Å²) in [5, 5.41) is 3.60. The lowest BCUT2D eigenvalue weighted by molar-refractivity contribution is 0.0458. The average molecular weight is 264 g/mol. The van der Waals surface area contributed by atoms with Gasteiger partial charge in [0.15, 0.2) is 0 Å². The minimum atomic E-state index is 0.878. The highest BCUT2D eigenvalue weighted by molar-refractivity contribution is 4.95. The van der Waals surface area contributed by atoms with E-state index < -0.39 is 0 Å². The monoisotopic (exact) mass is 264 g/mol. The lowest BCUT2D eigenvalue weighted by Crippen LogP contribution is -2.50. The molecule has 0 aromatic rings. The lowest BCUT2D eigenvalue weighted by Gasteiger charge is -2.44. The molecule has 110 valence electrons. The van der Waals surface area contributed by atoms with Crippen LogP contribution in [-0.4, -0.2) is 36.6 Å². The van der Waals surface area contributed by atoms with Crippen molar-refractivity contribution in [2.75, 3.05) is 19.6 Å². The summed E-state index contributed by atoms with van der Waals surface area (Å²) in [6.07, 6.45) is 10.2. The van der Waals surface area contributed by atoms with Crippen LogP contribution in [0.3, 0.4) is 0 Å². The molecule has 1 aliphatic heterocycles. The van der Waals surface area contributed by atoms with E-state index in [1.807, 2.05) is 0 Å². The van der Waals surface area contributed by atoms with Crippen molar-refractivity contribution in [2.45, 2.75) is 70.9 Å². The molecule has 3 rings (SSSR count). The maximum absolute atomic E-state index is 3.60. The van der Waals surface area contributed by atoms with Crippen molar-refractivity contribution in [1.82, 2.24) is 10.2 Å². The highest BCUT2D eigenvalue weighted by atomic mass is 15.2. The third-order valence-electron chi connectivity index (χ3n) is 5.75. The molecule has 0 spiro atoms. The van der Waals surface area contributed by atoms with Gasteiger partial charge in [-0.1, -0.05) is 20.3 Å². The van der Waals surface area contributed by atoms with Crippen LogP contribution in [0.4, 0.5) is 0 Å². The maximum Gasteiger partial charge on any atom is 0.0149 e. The highest BCUT2D eigenvalue weighted by Gasteiger charge is 2.40. The van der Waals surface area contributed by atoms with Crippen LogP contribution in [0.15, 0.2) is 0 Å². The fourth-order valence-electron chi connectivity index (χ4n) is 4.62. The molecule has 1 N–H and O–H groups in total. The van der Waals surface area contributed by atoms with Crippen LogP contribution in [0.1, 0.15) is 58.8 Å². The highest BCUT2D eigenvalue weighted by Crippen LogP contribution is 2.39. The van der Waals surface area contributed by atoms with E-state index in [1.165, 1.54) is 64.6 Å². The van der Waals surface area contributed by atoms with Crippen molar-refractivity contribution >= 4 is 0 Å². The number of piperidine rings is 1. The minimum absolute atomic E-state index is 0.878. The van der Waals surface area contributed by atoms with Gasteiger partial charge >= 0.3 is 0 Å². The van der Waals surface area contributed by atoms with E-state index in [0.29, 0.717) is 0 Å². The van der Waals surface area contributed by atoms with E-state index in [4.69, 9.17) is 0 Å². The summed E-state index contributed by atoms with van der Waals surface area (Å²) in [5.74, 6) is 2.75. The van der Waals surface area contributed by atoms with Gasteiger partial charge in [0.1, 0.15) is 0 Å². The fourth-order valence-corrected chi connectivity index (χ4v) is 4.62. The van der Waals surface area contributed by atoms with Crippen LogP contribution >= 0.6 is 0 Å². The Balaban J connectivity index is 1.65. The Kier molecular flexibility index (Phi) is 4.48. The first-order valence-corrected chi connectivity index (χ1v) is 8.72. The average Bonchev–Trinajstić information content (AvgIpc) is 3.23. The Morgan fingerprint density at radius 3 is 2.26 bits per heavy atom. The third-order valence-corrected chi connectivity index (χ3v) is 5.75. The quantitative estimate of drug-likeness (QED) is 0.838. The Morgan fingerprint density at radius 2 is 1.68 bits per heavy atom. The molecule has 3 aliphatic rings. The van der Waals surface area contributed by atoms with Crippen LogP contribution < -0.4 is 5.32 Å². The molecule has 1 heterocycles. The van der Waals surface area contributed by atoms with Gasteiger partial charge in [-0.25, -0.2) is 0 Å². The largest absolute Gasteiger partial charge is 0.316 e. The zero-order valence-corrected chi connectivity index (χ0v) is 12.9. The Labute approximate surface area is 119 Å². The SMILES string of the molecule is CC1CCCC(C)C1N(CC1CCCNC1)C1CC1. The van der Waals surface area contributed by atoms with Crippen LogP contribution in [0, 0.1) is 17.8 Å². The molecular weight excluding hydrogens is 232 g/mol. The molecule has 0 amide bonds. The summed E-state index contributed by atoms with van der Waals surface area (Å²) in [6, 6.07) is 1.82. The molecule has 0 radical (unpaired) electrons. The molecule has 2 saturated carbocycles. The summed E-state index contributed by atoms with van der Waals surface area (Å²) < 4.78 is 0. The van der Waals surface area contributed by atoms with Gasteiger partial charge in [-0.2, -0.15) is 0 Å². The smallest absolute Gasteiger partial charge is 0.0149 e. The predicted molar refractivity (Wildman–Crippen MR) is 81.3 cm³/mol. The van der Waals surface area contributed by atoms with Crippen molar-refractivity contribution in [3.05, 3.63) is 0 Å². The molecular formula is C17H32N2. The van der Waals surface area contributed by atoms with Gasteiger partial charge in [0, 0.05) is 18.6 Å². The fraction of sp³-hybridized carbons (Fsp3) is 1.00. The first-order chi connectivity index (χ1) is 9.25. The van der Waals surface area contributed by atoms with E-state index >= 15 is 0 Å². The second-order valence-corrected chi connectivity index (χ2v) is 7.52. The van der Waals surface area contributed by atoms with Crippen LogP contribution in [0.2, 0.25) is 0 Å². The molecule has 1 saturated heterocycles. The third kappa shape index (κ3) is 3.33. The maximum atomic E-state index is 3.60. The second kappa shape index (κ2) is 6.13. The van der Waals surface area contributed by atoms with Crippen LogP contribution in [-0.2, 0) is 0 Å². The molecule has 3 atom stereocenters. The summed E-state index contributed by atoms with van der Waals surface area (Å²) in [5.41, 5.74) is 0. The normalized spacial score (nSPS) is 40.6. The number of nitrogens with one attached hydrogen (secondary N) is 1. The number of rotatable bonds is 4. The predicted octanol–water partition coefficient (Wildman–Crippen LogP) is 3.28. The molecule has 3 fully saturated rings. The molecule has 19 heavy (non-hydrogen) atoms. The van der Waals surface area contributed by atoms with Crippen molar-refractivity contribution < 1.29 is 0 Å². The van der Waals surface area contributed by atoms with Gasteiger partial charge in [-0.15, -0.1) is 0 Å². The molecule has 2 aliphatic carbocycles. The van der Waals surface area contributed by atoms with Gasteiger partial charge in [0.05, 0.1) is 0 Å². The molecule has 3 unspecified atom stereocenters. The van der Waals surface area contributed by atoms with Crippen molar-refractivity contribution in [2.24, 2.45) is 17.8 Å². The summed E-state index contributed by atoms with van der Waals surface area (Å²) >= 11 is 0. The number of hydrogen-bond acceptors (Lipinski definition) is 2. The summed E-state index contributed by atoms with van der Waals surface area (Å²) in [7, 11) is 0. The standard InChI is InChI=1S/C17H32N2/c1-13-5-3-6-14(2)17(13)19(16-8-9-16)12-15-7-4-10-18-11-15/h13-18H,3-12H2,1-2H3. The zero-order chi connectivity index (χ0) is 13.2. The van der Waals surface area contributed by atoms with Gasteiger partial charge in [-0.05, 0) is 69.4 Å². The molecule has 2 nitrogen and oxygen atoms in total. The number of hydrogen-bond donors (Lipinski definition) is 1. The van der Waals surface area contributed by atoms with Gasteiger partial charge in [0.25, 0.3) is 0 Å². The molecule has 0 aromatic carbocycles. The summed E-state index contributed by atoms with van der Waals surface area (Å²) in [6.45, 7) is 8.90. The van der Waals surface area contributed by atoms with Crippen molar-refractivity contribution in [3.63, 3.8) is 0 Å². The first kappa shape index (κ1) is 13.9. The van der Waals surface area contributed by atoms with Crippen LogP contribution in [0.5, 0.6) is 0 Å². The van der Waals surface area contributed by atoms with Crippen LogP contribution in [0.25, 0.3) is 0 Å². The van der Waals surface area contributed by atoms with Crippen molar-refractivity contribution in [1.29, 1.82) is 0 Å². The minimum Gasteiger partial charge on any atom is -0.316 e. The van der Waals surface area contributed by atoms with Gasteiger partial charge < -0.3 is 5.32 Å².